The van der Waals surface area contributed by atoms with Gasteiger partial charge in [0.2, 0.25) is 17.7 Å². The average molecular weight is 532 g/mol. The van der Waals surface area contributed by atoms with E-state index in [1.165, 1.54) is 0 Å². The number of aliphatic imine (C=N–C) groups is 1. The van der Waals surface area contributed by atoms with Crippen LogP contribution in [0.5, 0.6) is 0 Å². The van der Waals surface area contributed by atoms with Crippen molar-refractivity contribution in [2.75, 3.05) is 18.6 Å². The van der Waals surface area contributed by atoms with Crippen LogP contribution in [0.25, 0.3) is 0 Å². The molecule has 0 rings (SSSR count). The molecule has 0 spiro atoms. The van der Waals surface area contributed by atoms with Crippen molar-refractivity contribution in [1.29, 1.82) is 0 Å². The first-order valence-electron chi connectivity index (χ1n) is 12.3. The lowest BCUT2D eigenvalue weighted by atomic mass is 9.97. The molecule has 12 nitrogen and oxygen atoms in total. The zero-order chi connectivity index (χ0) is 27.8. The summed E-state index contributed by atoms with van der Waals surface area (Å²) in [5.41, 5.74) is 16.7. The smallest absolute Gasteiger partial charge is 0.326 e. The number of carbonyl (C=O) groups excluding carboxylic acids is 3. The van der Waals surface area contributed by atoms with Crippen molar-refractivity contribution in [3.63, 3.8) is 0 Å². The number of carboxylic acid groups (broad SMARTS) is 1. The van der Waals surface area contributed by atoms with Gasteiger partial charge < -0.3 is 38.3 Å². The van der Waals surface area contributed by atoms with Gasteiger partial charge in [0.1, 0.15) is 18.1 Å². The minimum Gasteiger partial charge on any atom is -0.480 e. The lowest BCUT2D eigenvalue weighted by Crippen LogP contribution is -2.58. The van der Waals surface area contributed by atoms with Crippen LogP contribution in [0.2, 0.25) is 0 Å². The summed E-state index contributed by atoms with van der Waals surface area (Å²) >= 11 is 1.56. The number of carbonyl (C=O) groups is 4. The molecule has 3 amide bonds. The third-order valence-corrected chi connectivity index (χ3v) is 6.31. The molecule has 0 aliphatic carbocycles. The van der Waals surface area contributed by atoms with Gasteiger partial charge in [-0.05, 0) is 49.5 Å². The Hall–Kier alpha value is -2.54. The van der Waals surface area contributed by atoms with Gasteiger partial charge in [-0.3, -0.25) is 19.4 Å². The predicted molar refractivity (Wildman–Crippen MR) is 143 cm³/mol. The van der Waals surface area contributed by atoms with E-state index in [4.69, 9.17) is 17.2 Å². The van der Waals surface area contributed by atoms with Gasteiger partial charge in [-0.25, -0.2) is 4.79 Å². The Kier molecular flexibility index (Phi) is 16.6. The van der Waals surface area contributed by atoms with Crippen molar-refractivity contribution in [3.05, 3.63) is 0 Å². The van der Waals surface area contributed by atoms with E-state index in [0.717, 1.165) is 0 Å². The molecule has 10 N–H and O–H groups in total. The molecule has 0 aliphatic heterocycles. The Bertz CT molecular complexity index is 746. The highest BCUT2D eigenvalue weighted by molar-refractivity contribution is 7.98. The number of amides is 3. The predicted octanol–water partition coefficient (Wildman–Crippen LogP) is -0.248. The molecule has 36 heavy (non-hydrogen) atoms. The Morgan fingerprint density at radius 2 is 1.53 bits per heavy atom. The molecule has 0 aromatic heterocycles. The second-order valence-corrected chi connectivity index (χ2v) is 10.3. The third-order valence-electron chi connectivity index (χ3n) is 5.66. The van der Waals surface area contributed by atoms with Crippen LogP contribution in [-0.4, -0.2) is 77.5 Å². The fraction of sp³-hybridized carbons (Fsp3) is 0.783. The highest BCUT2D eigenvalue weighted by atomic mass is 32.2. The summed E-state index contributed by atoms with van der Waals surface area (Å²) < 4.78 is 0. The summed E-state index contributed by atoms with van der Waals surface area (Å²) in [6.07, 6.45) is 3.79. The van der Waals surface area contributed by atoms with Crippen molar-refractivity contribution in [2.24, 2.45) is 34.0 Å². The first-order valence-corrected chi connectivity index (χ1v) is 13.7. The molecule has 0 aromatic rings. The minimum absolute atomic E-state index is 0.0304. The van der Waals surface area contributed by atoms with Crippen molar-refractivity contribution in [1.82, 2.24) is 16.0 Å². The number of guanidine groups is 1. The summed E-state index contributed by atoms with van der Waals surface area (Å²) in [5.74, 6) is -2.44. The molecule has 0 fully saturated rings. The number of rotatable bonds is 18. The third kappa shape index (κ3) is 13.5. The SMILES string of the molecule is CCC(C)C(NC(=O)C(CC(C)C)NC(=O)C(CCCN=C(N)N)NC(=O)C(N)CCSC)C(=O)O. The standard InChI is InChI=1S/C23H45N7O5S/c1-6-14(4)18(22(34)35)30-21(33)17(12-13(2)3)29-20(32)16(8-7-10-27-23(25)26)28-19(31)15(24)9-11-36-5/h13-18H,6-12,24H2,1-5H3,(H,28,31)(H,29,32)(H,30,33)(H,34,35)(H4,25,26,27). The fourth-order valence-electron chi connectivity index (χ4n) is 3.34. The minimum atomic E-state index is -1.14. The first kappa shape index (κ1) is 33.5. The van der Waals surface area contributed by atoms with Crippen LogP contribution in [0.1, 0.15) is 59.8 Å². The number of nitrogens with one attached hydrogen (secondary N) is 3. The molecule has 0 aromatic carbocycles. The van der Waals surface area contributed by atoms with Crippen molar-refractivity contribution >= 4 is 41.4 Å². The highest BCUT2D eigenvalue weighted by Crippen LogP contribution is 2.11. The van der Waals surface area contributed by atoms with E-state index in [0.29, 0.717) is 25.0 Å². The van der Waals surface area contributed by atoms with E-state index >= 15 is 0 Å². The molecule has 5 unspecified atom stereocenters. The summed E-state index contributed by atoms with van der Waals surface area (Å²) in [6.45, 7) is 7.59. The van der Waals surface area contributed by atoms with Crippen molar-refractivity contribution in [2.45, 2.75) is 84.0 Å². The van der Waals surface area contributed by atoms with E-state index in [1.54, 1.807) is 18.7 Å². The molecular weight excluding hydrogens is 486 g/mol. The molecule has 0 saturated heterocycles. The maximum absolute atomic E-state index is 13.2. The van der Waals surface area contributed by atoms with E-state index in [2.05, 4.69) is 20.9 Å². The number of nitrogens with two attached hydrogens (primary N) is 3. The maximum Gasteiger partial charge on any atom is 0.326 e. The molecule has 0 saturated carbocycles. The van der Waals surface area contributed by atoms with Crippen molar-refractivity contribution in [3.8, 4) is 0 Å². The zero-order valence-electron chi connectivity index (χ0n) is 22.1. The van der Waals surface area contributed by atoms with Gasteiger partial charge in [0, 0.05) is 6.54 Å². The number of hydrogen-bond donors (Lipinski definition) is 7. The highest BCUT2D eigenvalue weighted by Gasteiger charge is 2.32. The number of thioether (sulfide) groups is 1. The Morgan fingerprint density at radius 1 is 0.944 bits per heavy atom. The van der Waals surface area contributed by atoms with Crippen LogP contribution >= 0.6 is 11.8 Å². The number of nitrogens with zero attached hydrogens (tertiary/aromatic N) is 1. The van der Waals surface area contributed by atoms with Crippen LogP contribution in [0.4, 0.5) is 0 Å². The number of carboxylic acids is 1. The summed E-state index contributed by atoms with van der Waals surface area (Å²) in [4.78, 5) is 54.4. The quantitative estimate of drug-likeness (QED) is 0.0704. The van der Waals surface area contributed by atoms with E-state index in [1.807, 2.05) is 27.0 Å². The number of aliphatic carboxylic acids is 1. The van der Waals surface area contributed by atoms with Gasteiger partial charge in [-0.1, -0.05) is 34.1 Å². The van der Waals surface area contributed by atoms with Crippen molar-refractivity contribution < 1.29 is 24.3 Å². The lowest BCUT2D eigenvalue weighted by molar-refractivity contribution is -0.144. The molecule has 0 heterocycles. The topological polar surface area (TPSA) is 215 Å². The molecule has 0 aliphatic rings. The lowest BCUT2D eigenvalue weighted by Gasteiger charge is -2.27. The van der Waals surface area contributed by atoms with Crippen LogP contribution in [0.3, 0.4) is 0 Å². The largest absolute Gasteiger partial charge is 0.480 e. The molecule has 13 heteroatoms. The second-order valence-electron chi connectivity index (χ2n) is 9.30. The van der Waals surface area contributed by atoms with Crippen LogP contribution in [-0.2, 0) is 19.2 Å². The number of hydrogen-bond acceptors (Lipinski definition) is 7. The molecule has 0 radical (unpaired) electrons. The average Bonchev–Trinajstić information content (AvgIpc) is 2.80. The zero-order valence-corrected chi connectivity index (χ0v) is 22.9. The molecule has 0 bridgehead atoms. The fourth-order valence-corrected chi connectivity index (χ4v) is 3.83. The van der Waals surface area contributed by atoms with Gasteiger partial charge in [0.25, 0.3) is 0 Å². The molecule has 208 valence electrons. The maximum atomic E-state index is 13.2. The van der Waals surface area contributed by atoms with Gasteiger partial charge in [0.15, 0.2) is 5.96 Å². The van der Waals surface area contributed by atoms with Gasteiger partial charge in [-0.2, -0.15) is 11.8 Å². The van der Waals surface area contributed by atoms with E-state index in [-0.39, 0.29) is 37.2 Å². The van der Waals surface area contributed by atoms with E-state index in [9.17, 15) is 24.3 Å². The van der Waals surface area contributed by atoms with Crippen LogP contribution < -0.4 is 33.2 Å². The Balaban J connectivity index is 5.62. The van der Waals surface area contributed by atoms with Crippen LogP contribution in [0, 0.1) is 11.8 Å². The summed E-state index contributed by atoms with van der Waals surface area (Å²) in [7, 11) is 0. The van der Waals surface area contributed by atoms with Gasteiger partial charge >= 0.3 is 5.97 Å². The summed E-state index contributed by atoms with van der Waals surface area (Å²) in [6, 6.07) is -3.82. The van der Waals surface area contributed by atoms with Crippen LogP contribution in [0.15, 0.2) is 4.99 Å². The summed E-state index contributed by atoms with van der Waals surface area (Å²) in [5, 5.41) is 17.5. The van der Waals surface area contributed by atoms with Gasteiger partial charge in [0.05, 0.1) is 6.04 Å². The Labute approximate surface area is 218 Å². The normalized spacial score (nSPS) is 15.2. The van der Waals surface area contributed by atoms with Gasteiger partial charge in [-0.15, -0.1) is 0 Å². The molecular formula is C23H45N7O5S. The molecule has 5 atom stereocenters. The van der Waals surface area contributed by atoms with E-state index < -0.39 is 47.9 Å². The monoisotopic (exact) mass is 531 g/mol. The Morgan fingerprint density at radius 3 is 2.03 bits per heavy atom. The second kappa shape index (κ2) is 17.8. The first-order chi connectivity index (χ1) is 16.8.